The molecule has 0 radical (unpaired) electrons. The number of ether oxygens (including phenoxy) is 1. The lowest BCUT2D eigenvalue weighted by atomic mass is 9.94. The Bertz CT molecular complexity index is 1300. The van der Waals surface area contributed by atoms with Crippen molar-refractivity contribution in [1.82, 2.24) is 4.90 Å². The predicted molar refractivity (Wildman–Crippen MR) is 140 cm³/mol. The Hall–Kier alpha value is -3.57. The third kappa shape index (κ3) is 4.82. The Labute approximate surface area is 206 Å². The van der Waals surface area contributed by atoms with E-state index in [9.17, 15) is 4.79 Å². The third-order valence-corrected chi connectivity index (χ3v) is 7.04. The summed E-state index contributed by atoms with van der Waals surface area (Å²) >= 11 is 0. The zero-order chi connectivity index (χ0) is 24.4. The predicted octanol–water partition coefficient (Wildman–Crippen LogP) is 6.82. The van der Waals surface area contributed by atoms with Crippen LogP contribution in [-0.2, 0) is 0 Å². The first-order valence-electron chi connectivity index (χ1n) is 12.3. The molecule has 5 heteroatoms. The molecule has 0 saturated carbocycles. The van der Waals surface area contributed by atoms with Crippen molar-refractivity contribution in [1.29, 1.82) is 0 Å². The highest BCUT2D eigenvalue weighted by atomic mass is 16.5. The second-order valence-electron chi connectivity index (χ2n) is 9.55. The largest absolute Gasteiger partial charge is 0.497 e. The number of anilines is 1. The summed E-state index contributed by atoms with van der Waals surface area (Å²) in [6, 6.07) is 23.6. The molecule has 0 spiro atoms. The average molecular weight is 469 g/mol. The van der Waals surface area contributed by atoms with Crippen LogP contribution in [0.25, 0.3) is 11.0 Å². The van der Waals surface area contributed by atoms with Crippen molar-refractivity contribution >= 4 is 22.6 Å². The fourth-order valence-electron chi connectivity index (χ4n) is 4.88. The number of rotatable bonds is 6. The summed E-state index contributed by atoms with van der Waals surface area (Å²) in [7, 11) is 1.68. The van der Waals surface area contributed by atoms with Crippen LogP contribution in [0.15, 0.2) is 77.2 Å². The van der Waals surface area contributed by atoms with Crippen molar-refractivity contribution in [3.8, 4) is 5.75 Å². The van der Waals surface area contributed by atoms with Gasteiger partial charge in [0.15, 0.2) is 0 Å². The number of hydrogen-bond acceptors (Lipinski definition) is 4. The van der Waals surface area contributed by atoms with Crippen LogP contribution in [0.1, 0.15) is 53.1 Å². The molecule has 3 aromatic carbocycles. The van der Waals surface area contributed by atoms with Gasteiger partial charge in [-0.05, 0) is 80.7 Å². The van der Waals surface area contributed by atoms with Crippen LogP contribution < -0.4 is 10.1 Å². The molecule has 1 aliphatic heterocycles. The lowest BCUT2D eigenvalue weighted by Crippen LogP contribution is -2.37. The normalized spacial score (nSPS) is 15.7. The number of carbonyl (C=O) groups is 1. The van der Waals surface area contributed by atoms with E-state index in [1.807, 2.05) is 67.6 Å². The zero-order valence-electron chi connectivity index (χ0n) is 20.6. The minimum atomic E-state index is -0.140. The summed E-state index contributed by atoms with van der Waals surface area (Å²) in [4.78, 5) is 15.8. The highest BCUT2D eigenvalue weighted by Crippen LogP contribution is 2.42. The molecule has 1 amide bonds. The molecule has 1 fully saturated rings. The first-order valence-corrected chi connectivity index (χ1v) is 12.3. The minimum Gasteiger partial charge on any atom is -0.497 e. The number of nitrogens with one attached hydrogen (secondary N) is 1. The molecule has 35 heavy (non-hydrogen) atoms. The summed E-state index contributed by atoms with van der Waals surface area (Å²) in [5, 5.41) is 4.12. The molecular formula is C30H32N2O3. The van der Waals surface area contributed by atoms with E-state index in [2.05, 4.69) is 29.3 Å². The Morgan fingerprint density at radius 2 is 1.69 bits per heavy atom. The maximum atomic E-state index is 13.3. The van der Waals surface area contributed by atoms with Crippen LogP contribution in [-0.4, -0.2) is 31.0 Å². The van der Waals surface area contributed by atoms with Gasteiger partial charge in [-0.2, -0.15) is 0 Å². The van der Waals surface area contributed by atoms with Crippen molar-refractivity contribution < 1.29 is 13.9 Å². The van der Waals surface area contributed by atoms with Crippen molar-refractivity contribution in [3.63, 3.8) is 0 Å². The van der Waals surface area contributed by atoms with Crippen molar-refractivity contribution in [3.05, 3.63) is 95.2 Å². The number of furan rings is 1. The van der Waals surface area contributed by atoms with E-state index in [0.29, 0.717) is 11.5 Å². The summed E-state index contributed by atoms with van der Waals surface area (Å²) in [6.07, 6.45) is 2.27. The summed E-state index contributed by atoms with van der Waals surface area (Å²) in [5.74, 6) is 2.15. The fourth-order valence-corrected chi connectivity index (χ4v) is 4.88. The average Bonchev–Trinajstić information content (AvgIpc) is 3.24. The van der Waals surface area contributed by atoms with Gasteiger partial charge < -0.3 is 14.5 Å². The molecule has 1 aliphatic rings. The van der Waals surface area contributed by atoms with Gasteiger partial charge in [-0.3, -0.25) is 9.69 Å². The number of benzene rings is 3. The van der Waals surface area contributed by atoms with Gasteiger partial charge in [0.05, 0.1) is 18.8 Å². The second kappa shape index (κ2) is 9.96. The highest BCUT2D eigenvalue weighted by Gasteiger charge is 2.32. The second-order valence-corrected chi connectivity index (χ2v) is 9.55. The van der Waals surface area contributed by atoms with E-state index >= 15 is 0 Å². The number of likely N-dealkylation sites (tertiary alicyclic amines) is 1. The Kier molecular flexibility index (Phi) is 6.60. The van der Waals surface area contributed by atoms with E-state index in [-0.39, 0.29) is 11.9 Å². The topological polar surface area (TPSA) is 54.7 Å². The number of hydrogen-bond donors (Lipinski definition) is 1. The van der Waals surface area contributed by atoms with Crippen LogP contribution in [0.5, 0.6) is 5.75 Å². The van der Waals surface area contributed by atoms with Gasteiger partial charge in [0.2, 0.25) is 0 Å². The molecule has 0 unspecified atom stereocenters. The molecule has 4 aromatic rings. The molecule has 0 aliphatic carbocycles. The van der Waals surface area contributed by atoms with E-state index in [1.165, 1.54) is 0 Å². The number of piperidine rings is 1. The zero-order valence-corrected chi connectivity index (χ0v) is 20.6. The van der Waals surface area contributed by atoms with E-state index in [1.54, 1.807) is 7.11 Å². The number of amides is 1. The van der Waals surface area contributed by atoms with Gasteiger partial charge in [-0.1, -0.05) is 48.9 Å². The van der Waals surface area contributed by atoms with E-state index in [0.717, 1.165) is 65.2 Å². The number of methoxy groups -OCH3 is 1. The molecule has 1 atom stereocenters. The lowest BCUT2D eigenvalue weighted by Gasteiger charge is -2.36. The minimum absolute atomic E-state index is 0.117. The van der Waals surface area contributed by atoms with Gasteiger partial charge in [0.25, 0.3) is 5.91 Å². The molecule has 1 aromatic heterocycles. The Balaban J connectivity index is 1.60. The molecule has 1 saturated heterocycles. The van der Waals surface area contributed by atoms with Crippen LogP contribution >= 0.6 is 0 Å². The summed E-state index contributed by atoms with van der Waals surface area (Å²) in [6.45, 7) is 6.27. The molecule has 2 heterocycles. The van der Waals surface area contributed by atoms with Crippen LogP contribution in [0.2, 0.25) is 0 Å². The van der Waals surface area contributed by atoms with Crippen LogP contribution in [0, 0.1) is 12.8 Å². The molecule has 5 rings (SSSR count). The maximum Gasteiger partial charge on any atom is 0.255 e. The number of carbonyl (C=O) groups excluding carboxylic acids is 1. The third-order valence-electron chi connectivity index (χ3n) is 7.04. The maximum absolute atomic E-state index is 13.3. The van der Waals surface area contributed by atoms with Gasteiger partial charge in [-0.25, -0.2) is 0 Å². The van der Waals surface area contributed by atoms with Gasteiger partial charge >= 0.3 is 0 Å². The number of para-hydroxylation sites is 1. The molecule has 0 bridgehead atoms. The first-order chi connectivity index (χ1) is 17.0. The van der Waals surface area contributed by atoms with Gasteiger partial charge in [-0.15, -0.1) is 0 Å². The monoisotopic (exact) mass is 468 g/mol. The molecule has 1 N–H and O–H groups in total. The van der Waals surface area contributed by atoms with Crippen LogP contribution in [0.3, 0.4) is 0 Å². The summed E-state index contributed by atoms with van der Waals surface area (Å²) < 4.78 is 11.9. The number of nitrogens with zero attached hydrogens (tertiary/aromatic N) is 1. The summed E-state index contributed by atoms with van der Waals surface area (Å²) in [5.41, 5.74) is 4.37. The van der Waals surface area contributed by atoms with Crippen molar-refractivity contribution in [2.75, 3.05) is 25.5 Å². The number of aryl methyl sites for hydroxylation is 1. The van der Waals surface area contributed by atoms with Gasteiger partial charge in [0.1, 0.15) is 17.1 Å². The number of fused-ring (bicyclic) bond motifs is 1. The lowest BCUT2D eigenvalue weighted by molar-refractivity contribution is 0.102. The van der Waals surface area contributed by atoms with Gasteiger partial charge in [0, 0.05) is 10.9 Å². The quantitative estimate of drug-likeness (QED) is 0.337. The first kappa shape index (κ1) is 23.2. The Morgan fingerprint density at radius 3 is 2.37 bits per heavy atom. The molecular weight excluding hydrogens is 436 g/mol. The van der Waals surface area contributed by atoms with Crippen LogP contribution in [0.4, 0.5) is 5.69 Å². The SMILES string of the molecule is COc1ccc([C@H](c2oc3ccccc3c2NC(=O)c2ccc(C)cc2)N2CCC(C)CC2)cc1. The van der Waals surface area contributed by atoms with E-state index in [4.69, 9.17) is 9.15 Å². The Morgan fingerprint density at radius 1 is 1.00 bits per heavy atom. The van der Waals surface area contributed by atoms with Crippen molar-refractivity contribution in [2.24, 2.45) is 5.92 Å². The molecule has 180 valence electrons. The highest BCUT2D eigenvalue weighted by molar-refractivity contribution is 6.09. The van der Waals surface area contributed by atoms with E-state index < -0.39 is 0 Å². The fraction of sp³-hybridized carbons (Fsp3) is 0.300. The standard InChI is InChI=1S/C30H32N2O3/c1-20-8-10-23(11-9-20)30(33)31-27-25-6-4-5-7-26(25)35-29(27)28(32-18-16-21(2)17-19-32)22-12-14-24(34-3)15-13-22/h4-15,21,28H,16-19H2,1-3H3,(H,31,33)/t28-/m1/s1. The molecule has 5 nitrogen and oxygen atoms in total. The van der Waals surface area contributed by atoms with Crippen molar-refractivity contribution in [2.45, 2.75) is 32.7 Å². The smallest absolute Gasteiger partial charge is 0.255 e.